The molecule has 138 heavy (non-hydrogen) atoms. The Morgan fingerprint density at radius 3 is 1.30 bits per heavy atom. The lowest BCUT2D eigenvalue weighted by Crippen LogP contribution is -2.55. The van der Waals surface area contributed by atoms with Crippen molar-refractivity contribution < 1.29 is 186 Å². The third-order valence-corrected chi connectivity index (χ3v) is 22.2. The lowest BCUT2D eigenvalue weighted by Gasteiger charge is -2.43. The van der Waals surface area contributed by atoms with E-state index < -0.39 is 102 Å². The van der Waals surface area contributed by atoms with Gasteiger partial charge >= 0.3 is 0 Å². The maximum Gasteiger partial charge on any atom is 0.275 e. The highest BCUT2D eigenvalue weighted by molar-refractivity contribution is 6.31. The van der Waals surface area contributed by atoms with Gasteiger partial charge in [-0.25, -0.2) is 5.48 Å². The molecule has 3 aromatic carbocycles. The molecule has 2 aliphatic carbocycles. The van der Waals surface area contributed by atoms with Crippen LogP contribution in [0.15, 0.2) is 42.5 Å². The first-order valence-corrected chi connectivity index (χ1v) is 48.0. The number of Topliss-reactive ketones (excluding diaryl/α,β-unsaturated/α-hetero) is 1. The molecule has 2 amide bonds. The van der Waals surface area contributed by atoms with Crippen molar-refractivity contribution in [3.63, 3.8) is 0 Å². The van der Waals surface area contributed by atoms with Crippen LogP contribution in [-0.2, 0) is 176 Å². The van der Waals surface area contributed by atoms with Crippen molar-refractivity contribution in [3.05, 3.63) is 87.0 Å². The van der Waals surface area contributed by atoms with Crippen molar-refractivity contribution in [1.82, 2.24) is 15.7 Å². The summed E-state index contributed by atoms with van der Waals surface area (Å²) < 4.78 is 168. The molecule has 3 heterocycles. The molecule has 0 aromatic heterocycles. The number of amides is 2. The first kappa shape index (κ1) is 117. The number of phenols is 2. The summed E-state index contributed by atoms with van der Waals surface area (Å²) in [5.74, 6) is -4.21. The molecular formula is C95H152N4O39. The van der Waals surface area contributed by atoms with Gasteiger partial charge in [0.05, 0.1) is 366 Å². The van der Waals surface area contributed by atoms with E-state index in [4.69, 9.17) is 153 Å². The molecule has 0 spiro atoms. The van der Waals surface area contributed by atoms with Crippen molar-refractivity contribution in [2.45, 2.75) is 120 Å². The van der Waals surface area contributed by atoms with E-state index in [2.05, 4.69) is 15.7 Å². The average Bonchev–Trinajstić information content (AvgIpc) is 0.824. The van der Waals surface area contributed by atoms with Crippen molar-refractivity contribution in [1.29, 1.82) is 0 Å². The van der Waals surface area contributed by atoms with Gasteiger partial charge in [0.2, 0.25) is 11.7 Å². The molecule has 0 unspecified atom stereocenters. The van der Waals surface area contributed by atoms with E-state index in [9.17, 15) is 39.3 Å². The predicted octanol–water partition coefficient (Wildman–Crippen LogP) is 2.54. The molecular weight excluding hydrogens is 1820 g/mol. The predicted molar refractivity (Wildman–Crippen MR) is 490 cm³/mol. The molecule has 43 heteroatoms. The van der Waals surface area contributed by atoms with Crippen LogP contribution in [0.1, 0.15) is 106 Å². The SMILES string of the molecule is COCCOCCOCCOCCOCCOCCOCCOCCOCCOCCOCCOCCOCCOCCOCCOCCOCCOCCOCCOCCOCCOCCOCCOCCC(=O)NCCCC[C@H](N)C(=O)Cc1ccc(CONC(=O)[C@]2(O)Cc3c(O)c4c(c(O)c3[C@@H](O[C@H]3C[C@H]5[C@H](O[C@@H]6[C@@H](OC)OCCN65)[C@H](C)O3)C2)C(=O)c2c(OC)cccc2C4=O)cc1. The highest BCUT2D eigenvalue weighted by Crippen LogP contribution is 2.53. The number of hydrogen-bond acceptors (Lipinski definition) is 41. The molecule has 3 fully saturated rings. The van der Waals surface area contributed by atoms with Crippen LogP contribution in [0, 0.1) is 0 Å². The number of morpholine rings is 1. The van der Waals surface area contributed by atoms with Crippen molar-refractivity contribution in [2.75, 3.05) is 352 Å². The van der Waals surface area contributed by atoms with Crippen molar-refractivity contribution in [3.8, 4) is 17.2 Å². The van der Waals surface area contributed by atoms with Gasteiger partial charge in [-0.1, -0.05) is 36.4 Å². The number of carbonyl (C=O) groups is 5. The number of ketones is 3. The van der Waals surface area contributed by atoms with Gasteiger partial charge in [0.1, 0.15) is 23.4 Å². The minimum atomic E-state index is -2.39. The number of hydrogen-bond donors (Lipinski definition) is 6. The zero-order chi connectivity index (χ0) is 97.9. The molecule has 0 radical (unpaired) electrons. The lowest BCUT2D eigenvalue weighted by atomic mass is 9.72. The molecule has 5 aliphatic rings. The van der Waals surface area contributed by atoms with Gasteiger partial charge in [0.15, 0.2) is 36.0 Å². The molecule has 3 saturated heterocycles. The summed E-state index contributed by atoms with van der Waals surface area (Å²) in [5, 5.41) is 39.6. The van der Waals surface area contributed by atoms with Crippen molar-refractivity contribution in [2.24, 2.45) is 5.73 Å². The molecule has 3 aliphatic heterocycles. The maximum atomic E-state index is 14.3. The first-order valence-electron chi connectivity index (χ1n) is 48.0. The Labute approximate surface area is 808 Å². The second kappa shape index (κ2) is 72.9. The third kappa shape index (κ3) is 44.9. The van der Waals surface area contributed by atoms with E-state index in [-0.39, 0.29) is 78.2 Å². The highest BCUT2D eigenvalue weighted by Gasteiger charge is 2.56. The number of benzene rings is 3. The number of fused-ring (bicyclic) bond motifs is 6. The van der Waals surface area contributed by atoms with Gasteiger partial charge in [-0.15, -0.1) is 0 Å². The van der Waals surface area contributed by atoms with Crippen LogP contribution in [0.4, 0.5) is 0 Å². The van der Waals surface area contributed by atoms with E-state index in [0.717, 1.165) is 0 Å². The van der Waals surface area contributed by atoms with Gasteiger partial charge in [-0.05, 0) is 43.4 Å². The number of nitrogens with zero attached hydrogens (tertiary/aromatic N) is 1. The summed E-state index contributed by atoms with van der Waals surface area (Å²) in [6, 6.07) is 10.4. The summed E-state index contributed by atoms with van der Waals surface area (Å²) in [5.41, 5.74) is 6.09. The van der Waals surface area contributed by atoms with Crippen LogP contribution < -0.4 is 21.3 Å². The number of aromatic hydroxyl groups is 2. The molecule has 0 saturated carbocycles. The molecule has 8 rings (SSSR count). The number of aliphatic hydroxyl groups is 1. The summed E-state index contributed by atoms with van der Waals surface area (Å²) in [6.07, 6.45) is -3.54. The minimum Gasteiger partial charge on any atom is -0.507 e. The Hall–Kier alpha value is -6.31. The standard InChI is InChI=1S/C95H152N4O39/c1-71-91-77(99-17-19-134-93(110-4)92(99)138-91)67-82(136-71)137-80-69-95(107,68-75-84(80)90(105)86-85(88(75)103)87(102)74-8-7-10-79(109-3)83(74)89(86)104)94(106)98-135-70-73-13-11-72(12-14-73)66-78(100)76(96)9-5-6-16-97-81(101)15-18-111-22-23-113-26-27-115-30-31-117-34-35-119-38-39-121-42-43-123-46-47-125-50-51-127-54-55-129-58-59-131-62-63-133-65-64-132-61-60-130-57-56-128-53-52-126-49-48-124-45-44-122-41-40-120-37-36-118-33-32-116-29-28-114-25-24-112-21-20-108-2/h7-8,10-14,71,76-77,80,82,91-93,103,105,107H,5-6,9,15-70,96H2,1-4H3,(H,97,101)(H,98,106)/t71-,76-,77-,80-,82-,91+,92+,93-,95-/m0/s1. The summed E-state index contributed by atoms with van der Waals surface area (Å²) in [4.78, 5) is 76.1. The zero-order valence-electron chi connectivity index (χ0n) is 80.9. The summed E-state index contributed by atoms with van der Waals surface area (Å²) in [7, 11) is 4.51. The Kier molecular flexibility index (Phi) is 61.7. The number of hydroxylamine groups is 1. The second-order valence-corrected chi connectivity index (χ2v) is 32.2. The second-order valence-electron chi connectivity index (χ2n) is 32.2. The quantitative estimate of drug-likeness (QED) is 0.0210. The van der Waals surface area contributed by atoms with Crippen LogP contribution in [0.3, 0.4) is 0 Å². The van der Waals surface area contributed by atoms with Crippen LogP contribution in [0.25, 0.3) is 0 Å². The number of ether oxygens (including phenoxy) is 30. The Balaban J connectivity index is 0.499. The lowest BCUT2D eigenvalue weighted by molar-refractivity contribution is -0.256. The smallest absolute Gasteiger partial charge is 0.275 e. The van der Waals surface area contributed by atoms with Crippen LogP contribution in [0.5, 0.6) is 17.2 Å². The van der Waals surface area contributed by atoms with Gasteiger partial charge in [0, 0.05) is 82.1 Å². The number of nitrogens with two attached hydrogens (primary N) is 1. The molecule has 43 nitrogen and oxygen atoms in total. The Bertz CT molecular complexity index is 3750. The largest absolute Gasteiger partial charge is 0.507 e. The monoisotopic (exact) mass is 1970 g/mol. The Morgan fingerprint density at radius 2 is 0.891 bits per heavy atom. The van der Waals surface area contributed by atoms with E-state index in [0.29, 0.717) is 354 Å². The van der Waals surface area contributed by atoms with Gasteiger partial charge in [-0.3, -0.25) is 33.7 Å². The molecule has 7 N–H and O–H groups in total. The van der Waals surface area contributed by atoms with E-state index >= 15 is 0 Å². The zero-order valence-corrected chi connectivity index (χ0v) is 80.9. The minimum absolute atomic E-state index is 0.0714. The summed E-state index contributed by atoms with van der Waals surface area (Å²) >= 11 is 0. The first-order chi connectivity index (χ1) is 67.7. The number of phenolic OH excluding ortho intramolecular Hbond substituents is 2. The third-order valence-electron chi connectivity index (χ3n) is 22.2. The van der Waals surface area contributed by atoms with E-state index in [1.54, 1.807) is 31.4 Å². The number of rotatable bonds is 88. The number of unbranched alkanes of at least 4 members (excludes halogenated alkanes) is 1. The van der Waals surface area contributed by atoms with Gasteiger partial charge < -0.3 is 168 Å². The van der Waals surface area contributed by atoms with Crippen LogP contribution in [-0.4, -0.2) is 450 Å². The van der Waals surface area contributed by atoms with E-state index in [1.807, 2.05) is 6.92 Å². The van der Waals surface area contributed by atoms with Crippen LogP contribution >= 0.6 is 0 Å². The van der Waals surface area contributed by atoms with Crippen molar-refractivity contribution >= 4 is 29.2 Å². The van der Waals surface area contributed by atoms with Gasteiger partial charge in [0.25, 0.3) is 5.91 Å². The molecule has 786 valence electrons. The number of carbonyl (C=O) groups excluding carboxylic acids is 5. The van der Waals surface area contributed by atoms with E-state index in [1.165, 1.54) is 32.4 Å². The fourth-order valence-electron chi connectivity index (χ4n) is 15.1. The summed E-state index contributed by atoms with van der Waals surface area (Å²) in [6.45, 7) is 24.6. The normalized spacial score (nSPS) is 19.2. The fourth-order valence-corrected chi connectivity index (χ4v) is 15.1. The molecule has 0 bridgehead atoms. The van der Waals surface area contributed by atoms with Crippen LogP contribution in [0.2, 0.25) is 0 Å². The van der Waals surface area contributed by atoms with Gasteiger partial charge in [-0.2, -0.15) is 0 Å². The number of methoxy groups -OCH3 is 3. The Morgan fingerprint density at radius 1 is 0.493 bits per heavy atom. The molecule has 9 atom stereocenters. The average molecular weight is 1970 g/mol. The maximum absolute atomic E-state index is 14.3. The topological polar surface area (TPSA) is 485 Å². The highest BCUT2D eigenvalue weighted by atomic mass is 16.7. The number of nitrogens with one attached hydrogen (secondary N) is 2. The molecule has 3 aromatic rings. The fraction of sp³-hybridized carbons (Fsp3) is 0.758.